The van der Waals surface area contributed by atoms with E-state index in [-0.39, 0.29) is 5.91 Å². The molecule has 0 aliphatic heterocycles. The minimum atomic E-state index is -0.101. The molecule has 4 aromatic rings. The highest BCUT2D eigenvalue weighted by Crippen LogP contribution is 2.24. The quantitative estimate of drug-likeness (QED) is 0.431. The highest BCUT2D eigenvalue weighted by atomic mass is 32.2. The lowest BCUT2D eigenvalue weighted by Gasteiger charge is -2.08. The fourth-order valence-electron chi connectivity index (χ4n) is 2.90. The zero-order chi connectivity index (χ0) is 20.9. The van der Waals surface area contributed by atoms with Crippen molar-refractivity contribution in [3.05, 3.63) is 88.0 Å². The Morgan fingerprint density at radius 3 is 2.60 bits per heavy atom. The van der Waals surface area contributed by atoms with Gasteiger partial charge in [-0.25, -0.2) is 15.0 Å². The number of nitrogens with zero attached hydrogens (tertiary/aromatic N) is 4. The Morgan fingerprint density at radius 2 is 1.97 bits per heavy atom. The largest absolute Gasteiger partial charge is 0.348 e. The second-order valence-electron chi connectivity index (χ2n) is 6.72. The van der Waals surface area contributed by atoms with Crippen molar-refractivity contribution in [3.63, 3.8) is 0 Å². The minimum absolute atomic E-state index is 0.101. The molecule has 3 aromatic heterocycles. The number of hydrogen-bond donors (Lipinski definition) is 1. The summed E-state index contributed by atoms with van der Waals surface area (Å²) in [4.78, 5) is 26.7. The van der Waals surface area contributed by atoms with Crippen LogP contribution in [0.3, 0.4) is 0 Å². The molecule has 0 saturated heterocycles. The Labute approximate surface area is 183 Å². The second-order valence-corrected chi connectivity index (χ2v) is 8.83. The third kappa shape index (κ3) is 4.95. The lowest BCUT2D eigenvalue weighted by Crippen LogP contribution is -2.22. The monoisotopic (exact) mass is 435 g/mol. The number of carbonyl (C=O) groups is 1. The van der Waals surface area contributed by atoms with Gasteiger partial charge in [0.1, 0.15) is 11.6 Å². The SMILES string of the molecule is Cc1nc(CSc2ccc(C(=O)NCc3ccc(-n4ccnc4C)nc3)cc2)cs1. The number of imidazole rings is 1. The zero-order valence-electron chi connectivity index (χ0n) is 16.7. The molecule has 1 amide bonds. The van der Waals surface area contributed by atoms with Gasteiger partial charge in [-0.1, -0.05) is 6.07 Å². The molecule has 0 saturated carbocycles. The van der Waals surface area contributed by atoms with Gasteiger partial charge in [0.2, 0.25) is 0 Å². The maximum absolute atomic E-state index is 12.5. The number of carbonyl (C=O) groups excluding carboxylic acids is 1. The summed E-state index contributed by atoms with van der Waals surface area (Å²) in [6.45, 7) is 4.37. The summed E-state index contributed by atoms with van der Waals surface area (Å²) in [7, 11) is 0. The molecule has 0 aliphatic rings. The van der Waals surface area contributed by atoms with Crippen molar-refractivity contribution >= 4 is 29.0 Å². The molecule has 0 spiro atoms. The topological polar surface area (TPSA) is 72.7 Å². The van der Waals surface area contributed by atoms with Gasteiger partial charge in [-0.15, -0.1) is 23.1 Å². The van der Waals surface area contributed by atoms with E-state index in [1.807, 2.05) is 61.0 Å². The average Bonchev–Trinajstić information content (AvgIpc) is 3.39. The Kier molecular flexibility index (Phi) is 6.25. The molecular weight excluding hydrogens is 414 g/mol. The molecule has 6 nitrogen and oxygen atoms in total. The summed E-state index contributed by atoms with van der Waals surface area (Å²) in [5.74, 6) is 2.42. The number of nitrogens with one attached hydrogen (secondary N) is 1. The molecule has 0 fully saturated rings. The van der Waals surface area contributed by atoms with Crippen LogP contribution in [-0.4, -0.2) is 25.4 Å². The first-order valence-corrected chi connectivity index (χ1v) is 11.3. The van der Waals surface area contributed by atoms with E-state index in [0.29, 0.717) is 12.1 Å². The molecule has 1 aromatic carbocycles. The summed E-state index contributed by atoms with van der Waals surface area (Å²) < 4.78 is 1.91. The van der Waals surface area contributed by atoms with Crippen LogP contribution in [0.4, 0.5) is 0 Å². The van der Waals surface area contributed by atoms with Gasteiger partial charge in [0.25, 0.3) is 5.91 Å². The van der Waals surface area contributed by atoms with Crippen molar-refractivity contribution in [2.24, 2.45) is 0 Å². The summed E-state index contributed by atoms with van der Waals surface area (Å²) in [6, 6.07) is 11.5. The molecule has 0 atom stereocenters. The van der Waals surface area contributed by atoms with Crippen molar-refractivity contribution in [1.29, 1.82) is 0 Å². The fraction of sp³-hybridized carbons (Fsp3) is 0.182. The number of aromatic nitrogens is 4. The van der Waals surface area contributed by atoms with Crippen molar-refractivity contribution in [2.45, 2.75) is 31.0 Å². The summed E-state index contributed by atoms with van der Waals surface area (Å²) in [5, 5.41) is 6.12. The van der Waals surface area contributed by atoms with Crippen LogP contribution in [0.1, 0.15) is 32.4 Å². The molecule has 0 aliphatic carbocycles. The molecule has 3 heterocycles. The Bertz CT molecular complexity index is 1130. The van der Waals surface area contributed by atoms with Gasteiger partial charge < -0.3 is 5.32 Å². The van der Waals surface area contributed by atoms with E-state index in [4.69, 9.17) is 0 Å². The lowest BCUT2D eigenvalue weighted by molar-refractivity contribution is 0.0951. The predicted molar refractivity (Wildman–Crippen MR) is 120 cm³/mol. The number of thioether (sulfide) groups is 1. The van der Waals surface area contributed by atoms with E-state index in [1.54, 1.807) is 35.5 Å². The van der Waals surface area contributed by atoms with Crippen LogP contribution in [0, 0.1) is 13.8 Å². The van der Waals surface area contributed by atoms with Crippen molar-refractivity contribution < 1.29 is 4.79 Å². The molecule has 4 rings (SSSR count). The molecule has 1 N–H and O–H groups in total. The molecule has 30 heavy (non-hydrogen) atoms. The number of aryl methyl sites for hydroxylation is 2. The first-order valence-electron chi connectivity index (χ1n) is 9.46. The van der Waals surface area contributed by atoms with E-state index in [9.17, 15) is 4.79 Å². The summed E-state index contributed by atoms with van der Waals surface area (Å²) in [5.41, 5.74) is 2.67. The second kappa shape index (κ2) is 9.23. The number of benzene rings is 1. The molecule has 0 unspecified atom stereocenters. The number of thiazole rings is 1. The number of pyridine rings is 1. The van der Waals surface area contributed by atoms with Gasteiger partial charge in [-0.05, 0) is 49.7 Å². The average molecular weight is 436 g/mol. The normalized spacial score (nSPS) is 10.9. The number of rotatable bonds is 7. The maximum atomic E-state index is 12.5. The van der Waals surface area contributed by atoms with Crippen molar-refractivity contribution in [1.82, 2.24) is 24.8 Å². The zero-order valence-corrected chi connectivity index (χ0v) is 18.3. The summed E-state index contributed by atoms with van der Waals surface area (Å²) >= 11 is 3.38. The van der Waals surface area contributed by atoms with E-state index < -0.39 is 0 Å². The third-order valence-corrected chi connectivity index (χ3v) is 6.37. The van der Waals surface area contributed by atoms with E-state index in [1.165, 1.54) is 0 Å². The highest BCUT2D eigenvalue weighted by Gasteiger charge is 2.07. The first-order chi connectivity index (χ1) is 14.6. The van der Waals surface area contributed by atoms with Gasteiger partial charge in [-0.3, -0.25) is 9.36 Å². The van der Waals surface area contributed by atoms with Gasteiger partial charge in [0.15, 0.2) is 0 Å². The van der Waals surface area contributed by atoms with E-state index in [0.717, 1.165) is 38.6 Å². The minimum Gasteiger partial charge on any atom is -0.348 e. The van der Waals surface area contributed by atoms with Crippen molar-refractivity contribution in [2.75, 3.05) is 0 Å². The third-order valence-electron chi connectivity index (χ3n) is 4.50. The first kappa shape index (κ1) is 20.3. The Balaban J connectivity index is 1.30. The molecule has 152 valence electrons. The summed E-state index contributed by atoms with van der Waals surface area (Å²) in [6.07, 6.45) is 5.39. The Hall–Kier alpha value is -2.97. The number of hydrogen-bond acceptors (Lipinski definition) is 6. The molecular formula is C22H21N5OS2. The molecule has 8 heteroatoms. The lowest BCUT2D eigenvalue weighted by atomic mass is 10.2. The van der Waals surface area contributed by atoms with Crippen LogP contribution in [-0.2, 0) is 12.3 Å². The van der Waals surface area contributed by atoms with Gasteiger partial charge in [0.05, 0.1) is 10.7 Å². The van der Waals surface area contributed by atoms with Crippen LogP contribution < -0.4 is 5.32 Å². The fourth-order valence-corrected chi connectivity index (χ4v) is 4.41. The van der Waals surface area contributed by atoms with E-state index in [2.05, 4.69) is 25.6 Å². The van der Waals surface area contributed by atoms with E-state index >= 15 is 0 Å². The van der Waals surface area contributed by atoms with Gasteiger partial charge in [0, 0.05) is 46.7 Å². The van der Waals surface area contributed by atoms with Crippen LogP contribution in [0.5, 0.6) is 0 Å². The highest BCUT2D eigenvalue weighted by molar-refractivity contribution is 7.98. The maximum Gasteiger partial charge on any atom is 0.251 e. The van der Waals surface area contributed by atoms with Crippen molar-refractivity contribution in [3.8, 4) is 5.82 Å². The van der Waals surface area contributed by atoms with Gasteiger partial charge >= 0.3 is 0 Å². The molecule has 0 radical (unpaired) electrons. The Morgan fingerprint density at radius 1 is 1.13 bits per heavy atom. The van der Waals surface area contributed by atoms with Gasteiger partial charge in [-0.2, -0.15) is 0 Å². The predicted octanol–water partition coefficient (Wildman–Crippen LogP) is 4.56. The standard InChI is InChI=1S/C22H21N5OS2/c1-15-23-9-10-27(15)21-8-3-17(11-24-21)12-25-22(28)18-4-6-20(7-5-18)30-14-19-13-29-16(2)26-19/h3-11,13H,12,14H2,1-2H3,(H,25,28). The van der Waals surface area contributed by atoms with Crippen LogP contribution in [0.2, 0.25) is 0 Å². The van der Waals surface area contributed by atoms with Crippen LogP contribution in [0.25, 0.3) is 5.82 Å². The van der Waals surface area contributed by atoms with Crippen LogP contribution in [0.15, 0.2) is 65.3 Å². The molecule has 0 bridgehead atoms. The smallest absolute Gasteiger partial charge is 0.251 e. The number of amides is 1. The van der Waals surface area contributed by atoms with Crippen LogP contribution >= 0.6 is 23.1 Å².